The molecular weight excluding hydrogens is 373 g/mol. The molecule has 0 atom stereocenters. The molecule has 0 spiro atoms. The fourth-order valence-corrected chi connectivity index (χ4v) is 3.03. The lowest BCUT2D eigenvalue weighted by Gasteiger charge is -2.24. The molecule has 29 heavy (non-hydrogen) atoms. The van der Waals surface area contributed by atoms with Crippen LogP contribution in [-0.2, 0) is 11.6 Å². The maximum atomic E-state index is 13.0. The minimum absolute atomic E-state index is 0.421. The van der Waals surface area contributed by atoms with E-state index in [4.69, 9.17) is 4.74 Å². The Hall–Kier alpha value is -3.01. The van der Waals surface area contributed by atoms with Gasteiger partial charge >= 0.3 is 6.18 Å². The van der Waals surface area contributed by atoms with Gasteiger partial charge in [0.15, 0.2) is 0 Å². The van der Waals surface area contributed by atoms with Crippen molar-refractivity contribution in [1.29, 1.82) is 0 Å². The molecule has 0 bridgehead atoms. The number of alkyl halides is 3. The molecule has 4 heteroatoms. The first-order valence-corrected chi connectivity index (χ1v) is 9.41. The van der Waals surface area contributed by atoms with Gasteiger partial charge in [-0.1, -0.05) is 74.5 Å². The standard InChI is InChI=1S/C25H23F3O/c1-24(2,20-11-7-12-21(18-20)25(26,27)28)16-8-10-19-9-6-15-23(17-19)29-22-13-4-3-5-14-22/h3-15,17-18H,16H2,1-2H3. The molecule has 0 aliphatic carbocycles. The molecule has 0 heterocycles. The number of para-hydroxylation sites is 1. The van der Waals surface area contributed by atoms with Gasteiger partial charge in [0, 0.05) is 0 Å². The summed E-state index contributed by atoms with van der Waals surface area (Å²) in [5.41, 5.74) is 0.602. The summed E-state index contributed by atoms with van der Waals surface area (Å²) in [7, 11) is 0. The zero-order valence-corrected chi connectivity index (χ0v) is 16.4. The molecule has 0 saturated heterocycles. The van der Waals surface area contributed by atoms with Crippen LogP contribution in [0.5, 0.6) is 11.5 Å². The van der Waals surface area contributed by atoms with Crippen LogP contribution < -0.4 is 4.74 Å². The van der Waals surface area contributed by atoms with Crippen molar-refractivity contribution in [2.75, 3.05) is 0 Å². The monoisotopic (exact) mass is 396 g/mol. The van der Waals surface area contributed by atoms with Crippen LogP contribution in [0.4, 0.5) is 13.2 Å². The summed E-state index contributed by atoms with van der Waals surface area (Å²) in [5.74, 6) is 1.50. The van der Waals surface area contributed by atoms with Gasteiger partial charge in [-0.15, -0.1) is 0 Å². The second-order valence-corrected chi connectivity index (χ2v) is 7.56. The lowest BCUT2D eigenvalue weighted by atomic mass is 9.80. The van der Waals surface area contributed by atoms with E-state index in [1.54, 1.807) is 6.07 Å². The topological polar surface area (TPSA) is 9.23 Å². The molecule has 0 unspecified atom stereocenters. The third-order valence-corrected chi connectivity index (χ3v) is 4.75. The average molecular weight is 396 g/mol. The Bertz CT molecular complexity index is 973. The number of rotatable bonds is 6. The maximum absolute atomic E-state index is 13.0. The van der Waals surface area contributed by atoms with Crippen molar-refractivity contribution in [3.8, 4) is 11.5 Å². The Labute approximate surface area is 169 Å². The molecule has 0 radical (unpaired) electrons. The van der Waals surface area contributed by atoms with Crippen molar-refractivity contribution >= 4 is 6.08 Å². The summed E-state index contributed by atoms with van der Waals surface area (Å²) in [4.78, 5) is 0. The molecule has 0 N–H and O–H groups in total. The highest BCUT2D eigenvalue weighted by molar-refractivity contribution is 5.52. The molecule has 0 aliphatic rings. The van der Waals surface area contributed by atoms with E-state index < -0.39 is 17.2 Å². The molecule has 3 aromatic rings. The zero-order valence-electron chi connectivity index (χ0n) is 16.4. The van der Waals surface area contributed by atoms with Crippen molar-refractivity contribution < 1.29 is 17.9 Å². The molecule has 3 aromatic carbocycles. The zero-order chi connectivity index (χ0) is 20.9. The van der Waals surface area contributed by atoms with E-state index in [-0.39, 0.29) is 0 Å². The quantitative estimate of drug-likeness (QED) is 0.412. The largest absolute Gasteiger partial charge is 0.457 e. The first-order chi connectivity index (χ1) is 13.7. The second kappa shape index (κ2) is 8.56. The molecule has 1 nitrogen and oxygen atoms in total. The fourth-order valence-electron chi connectivity index (χ4n) is 3.03. The number of hydrogen-bond donors (Lipinski definition) is 0. The van der Waals surface area contributed by atoms with Gasteiger partial charge in [-0.25, -0.2) is 0 Å². The van der Waals surface area contributed by atoms with Crippen LogP contribution in [0.15, 0.2) is 84.9 Å². The number of allylic oxidation sites excluding steroid dienone is 1. The van der Waals surface area contributed by atoms with Gasteiger partial charge in [0.1, 0.15) is 11.5 Å². The van der Waals surface area contributed by atoms with Gasteiger partial charge in [-0.3, -0.25) is 0 Å². The lowest BCUT2D eigenvalue weighted by Crippen LogP contribution is -2.17. The van der Waals surface area contributed by atoms with E-state index in [1.165, 1.54) is 12.1 Å². The van der Waals surface area contributed by atoms with E-state index in [0.717, 1.165) is 23.1 Å². The van der Waals surface area contributed by atoms with E-state index in [1.807, 2.05) is 80.6 Å². The molecule has 0 saturated carbocycles. The molecule has 3 rings (SSSR count). The Morgan fingerprint density at radius 2 is 1.41 bits per heavy atom. The van der Waals surface area contributed by atoms with Gasteiger partial charge in [-0.2, -0.15) is 13.2 Å². The first-order valence-electron chi connectivity index (χ1n) is 9.41. The van der Waals surface area contributed by atoms with Crippen LogP contribution in [0, 0.1) is 0 Å². The molecule has 0 amide bonds. The van der Waals surface area contributed by atoms with Crippen LogP contribution in [0.3, 0.4) is 0 Å². The van der Waals surface area contributed by atoms with E-state index in [0.29, 0.717) is 12.0 Å². The van der Waals surface area contributed by atoms with Gasteiger partial charge in [0.25, 0.3) is 0 Å². The Morgan fingerprint density at radius 1 is 0.759 bits per heavy atom. The van der Waals surface area contributed by atoms with Crippen molar-refractivity contribution in [3.05, 3.63) is 102 Å². The number of benzene rings is 3. The highest BCUT2D eigenvalue weighted by atomic mass is 19.4. The molecule has 0 aliphatic heterocycles. The van der Waals surface area contributed by atoms with Crippen LogP contribution in [0.2, 0.25) is 0 Å². The smallest absolute Gasteiger partial charge is 0.416 e. The minimum Gasteiger partial charge on any atom is -0.457 e. The summed E-state index contributed by atoms with van der Waals surface area (Å²) in [6.07, 6.45) is 0.230. The lowest BCUT2D eigenvalue weighted by molar-refractivity contribution is -0.137. The molecule has 0 fully saturated rings. The van der Waals surface area contributed by atoms with Crippen LogP contribution >= 0.6 is 0 Å². The summed E-state index contributed by atoms with van der Waals surface area (Å²) >= 11 is 0. The summed E-state index contributed by atoms with van der Waals surface area (Å²) < 4.78 is 44.8. The third-order valence-electron chi connectivity index (χ3n) is 4.75. The van der Waals surface area contributed by atoms with E-state index in [9.17, 15) is 13.2 Å². The Balaban J connectivity index is 1.70. The highest BCUT2D eigenvalue weighted by Gasteiger charge is 2.31. The van der Waals surface area contributed by atoms with Crippen LogP contribution in [-0.4, -0.2) is 0 Å². The molecule has 150 valence electrons. The fraction of sp³-hybridized carbons (Fsp3) is 0.200. The first kappa shape index (κ1) is 20.7. The highest BCUT2D eigenvalue weighted by Crippen LogP contribution is 2.34. The summed E-state index contributed by atoms with van der Waals surface area (Å²) in [6.45, 7) is 3.89. The molecule has 0 aromatic heterocycles. The summed E-state index contributed by atoms with van der Waals surface area (Å²) in [5, 5.41) is 0. The van der Waals surface area contributed by atoms with Crippen molar-refractivity contribution in [2.45, 2.75) is 31.9 Å². The average Bonchev–Trinajstić information content (AvgIpc) is 2.68. The van der Waals surface area contributed by atoms with Gasteiger partial charge in [0.2, 0.25) is 0 Å². The van der Waals surface area contributed by atoms with E-state index >= 15 is 0 Å². The van der Waals surface area contributed by atoms with Gasteiger partial charge in [0.05, 0.1) is 5.56 Å². The van der Waals surface area contributed by atoms with Crippen molar-refractivity contribution in [1.82, 2.24) is 0 Å². The van der Waals surface area contributed by atoms with E-state index in [2.05, 4.69) is 0 Å². The summed E-state index contributed by atoms with van der Waals surface area (Å²) in [6, 6.07) is 22.8. The Kier molecular flexibility index (Phi) is 6.12. The minimum atomic E-state index is -4.33. The molecular formula is C25H23F3O. The normalized spacial score (nSPS) is 12.3. The van der Waals surface area contributed by atoms with Crippen molar-refractivity contribution in [2.24, 2.45) is 0 Å². The number of ether oxygens (including phenoxy) is 1. The number of halogens is 3. The van der Waals surface area contributed by atoms with Gasteiger partial charge < -0.3 is 4.74 Å². The van der Waals surface area contributed by atoms with Crippen molar-refractivity contribution in [3.63, 3.8) is 0 Å². The predicted molar refractivity (Wildman–Crippen MR) is 111 cm³/mol. The van der Waals surface area contributed by atoms with Crippen LogP contribution in [0.25, 0.3) is 6.08 Å². The maximum Gasteiger partial charge on any atom is 0.416 e. The second-order valence-electron chi connectivity index (χ2n) is 7.56. The SMILES string of the molecule is CC(C)(CC=Cc1cccc(Oc2ccccc2)c1)c1cccc(C(F)(F)F)c1. The van der Waals surface area contributed by atoms with Gasteiger partial charge in [-0.05, 0) is 53.3 Å². The van der Waals surface area contributed by atoms with Crippen LogP contribution in [0.1, 0.15) is 37.0 Å². The Morgan fingerprint density at radius 3 is 2.14 bits per heavy atom. The third kappa shape index (κ3) is 5.74. The number of hydrogen-bond acceptors (Lipinski definition) is 1. The predicted octanol–water partition coefficient (Wildman–Crippen LogP) is 7.88.